The largest absolute Gasteiger partial charge is 0.573 e. The van der Waals surface area contributed by atoms with E-state index in [9.17, 15) is 27.9 Å². The minimum atomic E-state index is -4.78. The molecule has 0 saturated carbocycles. The molecule has 9 nitrogen and oxygen atoms in total. The maximum Gasteiger partial charge on any atom is 0.573 e. The van der Waals surface area contributed by atoms with E-state index in [0.717, 1.165) is 12.1 Å². The van der Waals surface area contributed by atoms with Gasteiger partial charge in [-0.15, -0.1) is 13.2 Å². The van der Waals surface area contributed by atoms with Crippen LogP contribution in [0, 0.1) is 5.92 Å². The monoisotopic (exact) mass is 510 g/mol. The first kappa shape index (κ1) is 27.1. The summed E-state index contributed by atoms with van der Waals surface area (Å²) in [5.74, 6) is -0.766. The number of hydrogen-bond acceptors (Lipinski definition) is 7. The van der Waals surface area contributed by atoms with Crippen LogP contribution in [0.1, 0.15) is 36.7 Å². The van der Waals surface area contributed by atoms with Gasteiger partial charge in [0, 0.05) is 25.2 Å². The Bertz CT molecular complexity index is 1090. The zero-order valence-corrected chi connectivity index (χ0v) is 20.1. The van der Waals surface area contributed by atoms with Crippen LogP contribution in [0.15, 0.2) is 36.5 Å². The number of halogens is 3. The van der Waals surface area contributed by atoms with Gasteiger partial charge in [0.15, 0.2) is 11.6 Å². The molecule has 0 spiro atoms. The van der Waals surface area contributed by atoms with Gasteiger partial charge >= 0.3 is 6.36 Å². The summed E-state index contributed by atoms with van der Waals surface area (Å²) in [5.41, 5.74) is 5.61. The molecule has 1 fully saturated rings. The summed E-state index contributed by atoms with van der Waals surface area (Å²) in [6, 6.07) is 6.61. The van der Waals surface area contributed by atoms with Gasteiger partial charge in [0.25, 0.3) is 5.91 Å². The number of nitrogen functional groups attached to an aromatic ring is 1. The van der Waals surface area contributed by atoms with Crippen LogP contribution < -0.4 is 20.5 Å². The van der Waals surface area contributed by atoms with Gasteiger partial charge in [-0.1, -0.05) is 19.1 Å². The lowest BCUT2D eigenvalue weighted by Crippen LogP contribution is -2.38. The van der Waals surface area contributed by atoms with Crippen molar-refractivity contribution in [3.63, 3.8) is 0 Å². The Hall–Kier alpha value is -3.54. The first-order valence-corrected chi connectivity index (χ1v) is 11.3. The molecule has 36 heavy (non-hydrogen) atoms. The number of likely N-dealkylation sites (tertiary alicyclic amines) is 1. The third-order valence-electron chi connectivity index (χ3n) is 5.51. The summed E-state index contributed by atoms with van der Waals surface area (Å²) < 4.78 is 46.8. The van der Waals surface area contributed by atoms with Crippen LogP contribution in [0.4, 0.5) is 19.0 Å². The third-order valence-corrected chi connectivity index (χ3v) is 5.51. The van der Waals surface area contributed by atoms with E-state index < -0.39 is 24.0 Å². The second-order valence-corrected chi connectivity index (χ2v) is 9.40. The van der Waals surface area contributed by atoms with E-state index in [-0.39, 0.29) is 54.2 Å². The number of pyridine rings is 1. The second-order valence-electron chi connectivity index (χ2n) is 9.40. The van der Waals surface area contributed by atoms with Crippen LogP contribution in [0.2, 0.25) is 0 Å². The molecule has 196 valence electrons. The van der Waals surface area contributed by atoms with E-state index in [1.807, 2.05) is 6.92 Å². The molecule has 2 heterocycles. The molecule has 0 aliphatic carbocycles. The number of ether oxygens (including phenoxy) is 2. The standard InChI is InChI=1S/C24H29F3N4O5/c1-14-11-31(20(32)8-15-4-6-17(7-5-15)36-24(25,26)27)12-19(14)35-18-9-16(10-29-21(18)28)22(33)30-13-23(2,3)34/h4-7,9-10,14,19,34H,8,11-13H2,1-3H3,(H2,28,29)(H,30,33)/t14-,19-/m0/s1. The van der Waals surface area contributed by atoms with Crippen molar-refractivity contribution in [2.75, 3.05) is 25.4 Å². The lowest BCUT2D eigenvalue weighted by atomic mass is 10.1. The number of hydrogen-bond donors (Lipinski definition) is 3. The molecule has 2 aromatic rings. The maximum atomic E-state index is 12.8. The summed E-state index contributed by atoms with van der Waals surface area (Å²) in [5, 5.41) is 12.4. The third kappa shape index (κ3) is 7.74. The van der Waals surface area contributed by atoms with Crippen molar-refractivity contribution >= 4 is 17.6 Å². The highest BCUT2D eigenvalue weighted by molar-refractivity contribution is 5.94. The minimum Gasteiger partial charge on any atom is -0.484 e. The van der Waals surface area contributed by atoms with Crippen molar-refractivity contribution in [3.8, 4) is 11.5 Å². The Labute approximate surface area is 206 Å². The molecule has 1 saturated heterocycles. The predicted molar refractivity (Wildman–Crippen MR) is 124 cm³/mol. The molecule has 1 aromatic carbocycles. The average molecular weight is 511 g/mol. The molecule has 1 aliphatic rings. The van der Waals surface area contributed by atoms with Gasteiger partial charge in [-0.25, -0.2) is 4.98 Å². The van der Waals surface area contributed by atoms with Crippen molar-refractivity contribution in [2.45, 2.75) is 45.3 Å². The van der Waals surface area contributed by atoms with Gasteiger partial charge in [0.2, 0.25) is 5.91 Å². The molecular formula is C24H29F3N4O5. The van der Waals surface area contributed by atoms with Crippen LogP contribution >= 0.6 is 0 Å². The maximum absolute atomic E-state index is 12.8. The smallest absolute Gasteiger partial charge is 0.484 e. The van der Waals surface area contributed by atoms with Gasteiger partial charge in [0.1, 0.15) is 11.9 Å². The number of carbonyl (C=O) groups excluding carboxylic acids is 2. The first-order valence-electron chi connectivity index (χ1n) is 11.3. The van der Waals surface area contributed by atoms with Gasteiger partial charge in [-0.05, 0) is 37.6 Å². The second kappa shape index (κ2) is 10.6. The highest BCUT2D eigenvalue weighted by Gasteiger charge is 2.35. The van der Waals surface area contributed by atoms with Crippen molar-refractivity contribution in [1.82, 2.24) is 15.2 Å². The minimum absolute atomic E-state index is 0.00624. The number of nitrogens with two attached hydrogens (primary N) is 1. The number of aromatic nitrogens is 1. The van der Waals surface area contributed by atoms with Gasteiger partial charge in [-0.2, -0.15) is 0 Å². The number of benzene rings is 1. The van der Waals surface area contributed by atoms with Crippen molar-refractivity contribution in [3.05, 3.63) is 47.7 Å². The molecule has 0 bridgehead atoms. The molecule has 1 aromatic heterocycles. The summed E-state index contributed by atoms with van der Waals surface area (Å²) in [6.45, 7) is 5.76. The summed E-state index contributed by atoms with van der Waals surface area (Å²) in [7, 11) is 0. The van der Waals surface area contributed by atoms with E-state index in [2.05, 4.69) is 15.0 Å². The normalized spacial score (nSPS) is 18.1. The zero-order chi connectivity index (χ0) is 26.7. The number of alkyl halides is 3. The fourth-order valence-electron chi connectivity index (χ4n) is 3.62. The van der Waals surface area contributed by atoms with E-state index in [1.165, 1.54) is 24.4 Å². The number of carbonyl (C=O) groups is 2. The van der Waals surface area contributed by atoms with Crippen molar-refractivity contribution in [2.24, 2.45) is 5.92 Å². The Morgan fingerprint density at radius 2 is 1.89 bits per heavy atom. The Kier molecular flexibility index (Phi) is 7.97. The number of nitrogens with zero attached hydrogens (tertiary/aromatic N) is 2. The zero-order valence-electron chi connectivity index (χ0n) is 20.1. The van der Waals surface area contributed by atoms with Gasteiger partial charge in [-0.3, -0.25) is 9.59 Å². The highest BCUT2D eigenvalue weighted by Crippen LogP contribution is 2.28. The van der Waals surface area contributed by atoms with Gasteiger partial charge < -0.3 is 30.5 Å². The van der Waals surface area contributed by atoms with Crippen LogP contribution in [-0.4, -0.2) is 64.5 Å². The van der Waals surface area contributed by atoms with E-state index in [4.69, 9.17) is 10.5 Å². The fraction of sp³-hybridized carbons (Fsp3) is 0.458. The highest BCUT2D eigenvalue weighted by atomic mass is 19.4. The number of anilines is 1. The molecule has 12 heteroatoms. The number of amides is 2. The summed E-state index contributed by atoms with van der Waals surface area (Å²) in [6.07, 6.45) is -3.88. The molecule has 4 N–H and O–H groups in total. The van der Waals surface area contributed by atoms with Crippen LogP contribution in [-0.2, 0) is 11.2 Å². The lowest BCUT2D eigenvalue weighted by molar-refractivity contribution is -0.274. The molecular weight excluding hydrogens is 481 g/mol. The SMILES string of the molecule is C[C@H]1CN(C(=O)Cc2ccc(OC(F)(F)F)cc2)C[C@@H]1Oc1cc(C(=O)NCC(C)(C)O)cnc1N. The molecule has 0 radical (unpaired) electrons. The molecule has 2 amide bonds. The molecule has 2 atom stereocenters. The number of rotatable bonds is 8. The molecule has 0 unspecified atom stereocenters. The topological polar surface area (TPSA) is 127 Å². The quantitative estimate of drug-likeness (QED) is 0.498. The number of aliphatic hydroxyl groups is 1. The van der Waals surface area contributed by atoms with Crippen LogP contribution in [0.25, 0.3) is 0 Å². The average Bonchev–Trinajstić information content (AvgIpc) is 3.14. The molecule has 1 aliphatic heterocycles. The van der Waals surface area contributed by atoms with E-state index in [1.54, 1.807) is 18.7 Å². The molecule has 3 rings (SSSR count). The van der Waals surface area contributed by atoms with Gasteiger partial charge in [0.05, 0.1) is 24.1 Å². The van der Waals surface area contributed by atoms with E-state index >= 15 is 0 Å². The predicted octanol–water partition coefficient (Wildman–Crippen LogP) is 2.53. The Morgan fingerprint density at radius 1 is 1.22 bits per heavy atom. The van der Waals surface area contributed by atoms with Crippen molar-refractivity contribution < 1.29 is 37.3 Å². The fourth-order valence-corrected chi connectivity index (χ4v) is 3.62. The lowest BCUT2D eigenvalue weighted by Gasteiger charge is -2.20. The Morgan fingerprint density at radius 3 is 2.50 bits per heavy atom. The van der Waals surface area contributed by atoms with Crippen LogP contribution in [0.3, 0.4) is 0 Å². The van der Waals surface area contributed by atoms with Crippen LogP contribution in [0.5, 0.6) is 11.5 Å². The van der Waals surface area contributed by atoms with Crippen molar-refractivity contribution in [1.29, 1.82) is 0 Å². The van der Waals surface area contributed by atoms with E-state index in [0.29, 0.717) is 12.1 Å². The summed E-state index contributed by atoms with van der Waals surface area (Å²) in [4.78, 5) is 30.8. The number of nitrogens with one attached hydrogen (secondary N) is 1. The first-order chi connectivity index (χ1) is 16.7. The Balaban J connectivity index is 1.60. The summed E-state index contributed by atoms with van der Waals surface area (Å²) >= 11 is 0.